The summed E-state index contributed by atoms with van der Waals surface area (Å²) in [6.07, 6.45) is 0.612. The smallest absolute Gasteiger partial charge is 0.407 e. The fourth-order valence-corrected chi connectivity index (χ4v) is 1.84. The second-order valence-corrected chi connectivity index (χ2v) is 6.50. The first-order valence-electron chi connectivity index (χ1n) is 8.37. The third-order valence-corrected chi connectivity index (χ3v) is 2.98. The average Bonchev–Trinajstić information content (AvgIpc) is 2.48. The molecule has 0 atom stereocenters. The molecule has 0 aromatic rings. The minimum atomic E-state index is -0.482. The molecule has 0 aromatic carbocycles. The molecule has 0 unspecified atom stereocenters. The summed E-state index contributed by atoms with van der Waals surface area (Å²) >= 11 is 0. The quantitative estimate of drug-likeness (QED) is 0.192. The van der Waals surface area contributed by atoms with Crippen molar-refractivity contribution in [2.45, 2.75) is 32.8 Å². The lowest BCUT2D eigenvalue weighted by molar-refractivity contribution is 0.0529. The molecule has 0 saturated carbocycles. The zero-order valence-electron chi connectivity index (χ0n) is 16.5. The lowest BCUT2D eigenvalue weighted by Gasteiger charge is -2.20. The van der Waals surface area contributed by atoms with Gasteiger partial charge in [0.1, 0.15) is 5.60 Å². The third kappa shape index (κ3) is 17.8. The SMILES string of the molecule is CN=C(NCCNC(=O)OC(C)(C)C)NCCN(C)CCCOC.I. The zero-order chi connectivity index (χ0) is 18.4. The fourth-order valence-electron chi connectivity index (χ4n) is 1.84. The number of ether oxygens (including phenoxy) is 2. The Balaban J connectivity index is 0. The van der Waals surface area contributed by atoms with Crippen LogP contribution in [-0.4, -0.2) is 83.1 Å². The van der Waals surface area contributed by atoms with E-state index in [-0.39, 0.29) is 24.0 Å². The number of amides is 1. The molecule has 0 spiro atoms. The number of aliphatic imine (C=N–C) groups is 1. The van der Waals surface area contributed by atoms with E-state index < -0.39 is 11.7 Å². The number of hydrogen-bond acceptors (Lipinski definition) is 5. The van der Waals surface area contributed by atoms with Gasteiger partial charge in [-0.25, -0.2) is 4.79 Å². The molecule has 9 heteroatoms. The number of guanidine groups is 1. The number of likely N-dealkylation sites (N-methyl/N-ethyl adjacent to an activating group) is 1. The van der Waals surface area contributed by atoms with Crippen LogP contribution in [0.2, 0.25) is 0 Å². The van der Waals surface area contributed by atoms with E-state index >= 15 is 0 Å². The van der Waals surface area contributed by atoms with Crippen LogP contribution >= 0.6 is 24.0 Å². The van der Waals surface area contributed by atoms with E-state index in [9.17, 15) is 4.79 Å². The van der Waals surface area contributed by atoms with Gasteiger partial charge < -0.3 is 30.3 Å². The summed E-state index contributed by atoms with van der Waals surface area (Å²) in [4.78, 5) is 17.9. The Morgan fingerprint density at radius 2 is 1.68 bits per heavy atom. The van der Waals surface area contributed by atoms with Crippen molar-refractivity contribution in [2.24, 2.45) is 4.99 Å². The summed E-state index contributed by atoms with van der Waals surface area (Å²) in [7, 11) is 5.52. The Kier molecular flexibility index (Phi) is 16.3. The zero-order valence-corrected chi connectivity index (χ0v) is 18.8. The van der Waals surface area contributed by atoms with Crippen LogP contribution < -0.4 is 16.0 Å². The van der Waals surface area contributed by atoms with Gasteiger partial charge in [-0.05, 0) is 34.2 Å². The van der Waals surface area contributed by atoms with E-state index in [1.807, 2.05) is 20.8 Å². The molecule has 0 aromatic heterocycles. The highest BCUT2D eigenvalue weighted by molar-refractivity contribution is 14.0. The molecule has 25 heavy (non-hydrogen) atoms. The molecule has 150 valence electrons. The van der Waals surface area contributed by atoms with Crippen molar-refractivity contribution in [3.63, 3.8) is 0 Å². The van der Waals surface area contributed by atoms with Crippen molar-refractivity contribution in [3.05, 3.63) is 0 Å². The van der Waals surface area contributed by atoms with Gasteiger partial charge in [-0.1, -0.05) is 0 Å². The number of methoxy groups -OCH3 is 1. The molecule has 0 bridgehead atoms. The molecule has 0 rings (SSSR count). The largest absolute Gasteiger partial charge is 0.444 e. The Labute approximate surface area is 169 Å². The number of carbonyl (C=O) groups excluding carboxylic acids is 1. The van der Waals surface area contributed by atoms with Crippen LogP contribution in [0.15, 0.2) is 4.99 Å². The number of alkyl carbamates (subject to hydrolysis) is 1. The Hall–Kier alpha value is -0.810. The highest BCUT2D eigenvalue weighted by Crippen LogP contribution is 2.05. The molecule has 0 saturated heterocycles. The first kappa shape index (κ1) is 26.4. The van der Waals surface area contributed by atoms with Gasteiger partial charge >= 0.3 is 6.09 Å². The number of nitrogens with zero attached hydrogens (tertiary/aromatic N) is 2. The normalized spacial score (nSPS) is 11.7. The first-order chi connectivity index (χ1) is 11.3. The maximum atomic E-state index is 11.5. The summed E-state index contributed by atoms with van der Waals surface area (Å²) in [6.45, 7) is 10.0. The van der Waals surface area contributed by atoms with Crippen LogP contribution in [0.1, 0.15) is 27.2 Å². The van der Waals surface area contributed by atoms with Crippen LogP contribution in [0.25, 0.3) is 0 Å². The topological polar surface area (TPSA) is 87.2 Å². The van der Waals surface area contributed by atoms with E-state index in [1.54, 1.807) is 14.2 Å². The number of carbonyl (C=O) groups is 1. The van der Waals surface area contributed by atoms with Crippen molar-refractivity contribution in [1.82, 2.24) is 20.9 Å². The van der Waals surface area contributed by atoms with Crippen LogP contribution in [-0.2, 0) is 9.47 Å². The van der Waals surface area contributed by atoms with E-state index in [2.05, 4.69) is 32.9 Å². The molecule has 0 radical (unpaired) electrons. The van der Waals surface area contributed by atoms with Gasteiger partial charge in [0, 0.05) is 53.5 Å². The molecule has 0 heterocycles. The average molecular weight is 473 g/mol. The van der Waals surface area contributed by atoms with Gasteiger partial charge in [-0.3, -0.25) is 4.99 Å². The minimum Gasteiger partial charge on any atom is -0.444 e. The summed E-state index contributed by atoms with van der Waals surface area (Å²) in [5, 5.41) is 9.08. The van der Waals surface area contributed by atoms with Crippen molar-refractivity contribution in [3.8, 4) is 0 Å². The predicted molar refractivity (Wildman–Crippen MR) is 113 cm³/mol. The molecule has 8 nitrogen and oxygen atoms in total. The number of nitrogens with one attached hydrogen (secondary N) is 3. The van der Waals surface area contributed by atoms with Crippen LogP contribution in [0.5, 0.6) is 0 Å². The summed E-state index contributed by atoms with van der Waals surface area (Å²) in [5.41, 5.74) is -0.482. The molecule has 0 aliphatic rings. The first-order valence-corrected chi connectivity index (χ1v) is 8.37. The highest BCUT2D eigenvalue weighted by atomic mass is 127. The van der Waals surface area contributed by atoms with E-state index in [0.29, 0.717) is 19.0 Å². The molecular weight excluding hydrogens is 437 g/mol. The third-order valence-electron chi connectivity index (χ3n) is 2.98. The summed E-state index contributed by atoms with van der Waals surface area (Å²) in [6, 6.07) is 0. The second-order valence-electron chi connectivity index (χ2n) is 6.50. The van der Waals surface area contributed by atoms with Crippen LogP contribution in [0.4, 0.5) is 4.79 Å². The number of rotatable bonds is 10. The Morgan fingerprint density at radius 3 is 2.24 bits per heavy atom. The number of hydrogen-bond donors (Lipinski definition) is 3. The highest BCUT2D eigenvalue weighted by Gasteiger charge is 2.15. The van der Waals surface area contributed by atoms with Crippen molar-refractivity contribution >= 4 is 36.0 Å². The Morgan fingerprint density at radius 1 is 1.08 bits per heavy atom. The fraction of sp³-hybridized carbons (Fsp3) is 0.875. The van der Waals surface area contributed by atoms with Gasteiger partial charge in [0.25, 0.3) is 0 Å². The maximum absolute atomic E-state index is 11.5. The van der Waals surface area contributed by atoms with E-state index in [4.69, 9.17) is 9.47 Å². The molecule has 0 aliphatic carbocycles. The maximum Gasteiger partial charge on any atom is 0.407 e. The molecular formula is C16H36IN5O3. The molecule has 0 aliphatic heterocycles. The van der Waals surface area contributed by atoms with Crippen LogP contribution in [0, 0.1) is 0 Å². The monoisotopic (exact) mass is 473 g/mol. The van der Waals surface area contributed by atoms with Gasteiger partial charge in [-0.15, -0.1) is 24.0 Å². The van der Waals surface area contributed by atoms with E-state index in [1.165, 1.54) is 0 Å². The summed E-state index contributed by atoms with van der Waals surface area (Å²) in [5.74, 6) is 0.714. The predicted octanol–water partition coefficient (Wildman–Crippen LogP) is 1.26. The van der Waals surface area contributed by atoms with Crippen molar-refractivity contribution in [2.75, 3.05) is 60.5 Å². The van der Waals surface area contributed by atoms with Crippen molar-refractivity contribution < 1.29 is 14.3 Å². The molecule has 1 amide bonds. The minimum absolute atomic E-state index is 0. The van der Waals surface area contributed by atoms with Gasteiger partial charge in [-0.2, -0.15) is 0 Å². The van der Waals surface area contributed by atoms with Gasteiger partial charge in [0.2, 0.25) is 0 Å². The summed E-state index contributed by atoms with van der Waals surface area (Å²) < 4.78 is 10.2. The molecule has 3 N–H and O–H groups in total. The molecule has 0 fully saturated rings. The standard InChI is InChI=1S/C16H35N5O3.HI/c1-16(2,3)24-15(22)20-9-8-18-14(17-4)19-10-12-21(5)11-7-13-23-6;/h7-13H2,1-6H3,(H,20,22)(H2,17,18,19);1H. The second kappa shape index (κ2) is 15.4. The number of halogens is 1. The lowest BCUT2D eigenvalue weighted by Crippen LogP contribution is -2.44. The lowest BCUT2D eigenvalue weighted by atomic mass is 10.2. The van der Waals surface area contributed by atoms with E-state index in [0.717, 1.165) is 32.7 Å². The van der Waals surface area contributed by atoms with Crippen molar-refractivity contribution in [1.29, 1.82) is 0 Å². The Bertz CT molecular complexity index is 375. The van der Waals surface area contributed by atoms with Gasteiger partial charge in [0.05, 0.1) is 0 Å². The van der Waals surface area contributed by atoms with Gasteiger partial charge in [0.15, 0.2) is 5.96 Å². The van der Waals surface area contributed by atoms with Crippen LogP contribution in [0.3, 0.4) is 0 Å².